The number of rotatable bonds is 6. The van der Waals surface area contributed by atoms with Gasteiger partial charge in [0.1, 0.15) is 5.75 Å². The van der Waals surface area contributed by atoms with Crippen LogP contribution in [-0.2, 0) is 4.79 Å². The molecule has 8 heteroatoms. The zero-order valence-corrected chi connectivity index (χ0v) is 18.1. The fourth-order valence-corrected chi connectivity index (χ4v) is 3.20. The summed E-state index contributed by atoms with van der Waals surface area (Å²) < 4.78 is 5.21. The number of hydrogen-bond donors (Lipinski definition) is 2. The van der Waals surface area contributed by atoms with Gasteiger partial charge in [0.05, 0.1) is 18.4 Å². The normalized spacial score (nSPS) is 10.4. The van der Waals surface area contributed by atoms with Crippen LogP contribution >= 0.6 is 0 Å². The van der Waals surface area contributed by atoms with Gasteiger partial charge in [-0.1, -0.05) is 0 Å². The Kier molecular flexibility index (Phi) is 6.36. The third-order valence-electron chi connectivity index (χ3n) is 4.80. The summed E-state index contributed by atoms with van der Waals surface area (Å²) in [7, 11) is 1.60. The maximum absolute atomic E-state index is 13.1. The van der Waals surface area contributed by atoms with Gasteiger partial charge in [0.15, 0.2) is 5.82 Å². The zero-order chi connectivity index (χ0) is 23.2. The van der Waals surface area contributed by atoms with Gasteiger partial charge in [0.25, 0.3) is 5.91 Å². The molecule has 2 aromatic heterocycles. The number of pyridine rings is 1. The second kappa shape index (κ2) is 9.69. The van der Waals surface area contributed by atoms with Crippen LogP contribution in [0.4, 0.5) is 11.4 Å². The van der Waals surface area contributed by atoms with Crippen molar-refractivity contribution in [2.45, 2.75) is 6.92 Å². The number of benzene rings is 2. The van der Waals surface area contributed by atoms with Gasteiger partial charge in [-0.15, -0.1) is 0 Å². The summed E-state index contributed by atoms with van der Waals surface area (Å²) in [6.45, 7) is 1.44. The molecule has 4 aromatic rings. The lowest BCUT2D eigenvalue weighted by Crippen LogP contribution is -2.15. The van der Waals surface area contributed by atoms with Crippen LogP contribution < -0.4 is 15.4 Å². The highest BCUT2D eigenvalue weighted by atomic mass is 16.5. The molecule has 0 unspecified atom stereocenters. The fourth-order valence-electron chi connectivity index (χ4n) is 3.20. The number of methoxy groups -OCH3 is 1. The molecule has 0 spiro atoms. The average Bonchev–Trinajstić information content (AvgIpc) is 2.85. The van der Waals surface area contributed by atoms with Gasteiger partial charge in [-0.3, -0.25) is 14.6 Å². The Labute approximate surface area is 190 Å². The van der Waals surface area contributed by atoms with E-state index in [0.29, 0.717) is 28.5 Å². The van der Waals surface area contributed by atoms with Gasteiger partial charge in [0.2, 0.25) is 5.91 Å². The molecule has 0 atom stereocenters. The molecule has 0 bridgehead atoms. The number of hydrogen-bond acceptors (Lipinski definition) is 6. The monoisotopic (exact) mass is 439 g/mol. The summed E-state index contributed by atoms with van der Waals surface area (Å²) in [4.78, 5) is 37.5. The van der Waals surface area contributed by atoms with Crippen LogP contribution in [0.3, 0.4) is 0 Å². The highest BCUT2D eigenvalue weighted by Gasteiger charge is 2.17. The minimum atomic E-state index is -0.352. The third kappa shape index (κ3) is 5.19. The second-order valence-corrected chi connectivity index (χ2v) is 7.13. The van der Waals surface area contributed by atoms with Crippen LogP contribution in [0.25, 0.3) is 22.6 Å². The predicted molar refractivity (Wildman–Crippen MR) is 126 cm³/mol. The molecule has 0 radical (unpaired) electrons. The molecule has 0 aliphatic carbocycles. The lowest BCUT2D eigenvalue weighted by molar-refractivity contribution is -0.114. The van der Waals surface area contributed by atoms with Crippen molar-refractivity contribution in [3.63, 3.8) is 0 Å². The number of nitrogens with one attached hydrogen (secondary N) is 2. The molecule has 0 aliphatic heterocycles. The van der Waals surface area contributed by atoms with Crippen LogP contribution in [0, 0.1) is 0 Å². The van der Waals surface area contributed by atoms with E-state index in [9.17, 15) is 9.59 Å². The van der Waals surface area contributed by atoms with E-state index in [1.54, 1.807) is 55.9 Å². The van der Waals surface area contributed by atoms with Crippen molar-refractivity contribution in [3.8, 4) is 28.4 Å². The standard InChI is InChI=1S/C25H21N5O3/c1-16(31)28-19-5-7-20(8-6-19)29-25(32)22-15-27-24(18-3-9-21(33-2)10-4-18)30-23(22)17-11-13-26-14-12-17/h3-15H,1-2H3,(H,28,31)(H,29,32). The van der Waals surface area contributed by atoms with E-state index in [0.717, 1.165) is 16.9 Å². The molecular weight excluding hydrogens is 418 g/mol. The van der Waals surface area contributed by atoms with Gasteiger partial charge >= 0.3 is 0 Å². The lowest BCUT2D eigenvalue weighted by atomic mass is 10.1. The number of amides is 2. The Hall–Kier alpha value is -4.59. The van der Waals surface area contributed by atoms with Gasteiger partial charge in [0, 0.05) is 48.0 Å². The molecule has 4 rings (SSSR count). The Balaban J connectivity index is 1.66. The van der Waals surface area contributed by atoms with E-state index < -0.39 is 0 Å². The van der Waals surface area contributed by atoms with Crippen molar-refractivity contribution in [2.75, 3.05) is 17.7 Å². The van der Waals surface area contributed by atoms with Gasteiger partial charge in [-0.05, 0) is 60.7 Å². The Morgan fingerprint density at radius 3 is 2.06 bits per heavy atom. The molecule has 2 amide bonds. The summed E-state index contributed by atoms with van der Waals surface area (Å²) in [5, 5.41) is 5.55. The highest BCUT2D eigenvalue weighted by Crippen LogP contribution is 2.26. The first kappa shape index (κ1) is 21.6. The fraction of sp³-hybridized carbons (Fsp3) is 0.0800. The van der Waals surface area contributed by atoms with Crippen molar-refractivity contribution in [2.24, 2.45) is 0 Å². The quantitative estimate of drug-likeness (QED) is 0.461. The Morgan fingerprint density at radius 1 is 0.818 bits per heavy atom. The predicted octanol–water partition coefficient (Wildman–Crippen LogP) is 4.42. The molecular formula is C25H21N5O3. The van der Waals surface area contributed by atoms with Crippen molar-refractivity contribution < 1.29 is 14.3 Å². The van der Waals surface area contributed by atoms with Crippen LogP contribution in [0.2, 0.25) is 0 Å². The summed E-state index contributed by atoms with van der Waals surface area (Å²) in [5.74, 6) is 0.701. The largest absolute Gasteiger partial charge is 0.497 e. The molecule has 0 aliphatic rings. The molecule has 2 heterocycles. The Bertz CT molecular complexity index is 1270. The van der Waals surface area contributed by atoms with Crippen LogP contribution in [0.1, 0.15) is 17.3 Å². The molecule has 0 saturated carbocycles. The summed E-state index contributed by atoms with van der Waals surface area (Å²) >= 11 is 0. The van der Waals surface area contributed by atoms with E-state index in [2.05, 4.69) is 20.6 Å². The molecule has 2 aromatic carbocycles. The maximum Gasteiger partial charge on any atom is 0.259 e. The first-order valence-electron chi connectivity index (χ1n) is 10.1. The summed E-state index contributed by atoms with van der Waals surface area (Å²) in [6.07, 6.45) is 4.81. The van der Waals surface area contributed by atoms with Crippen molar-refractivity contribution in [1.82, 2.24) is 15.0 Å². The van der Waals surface area contributed by atoms with Crippen molar-refractivity contribution in [1.29, 1.82) is 0 Å². The molecule has 0 saturated heterocycles. The van der Waals surface area contributed by atoms with Gasteiger partial charge in [-0.2, -0.15) is 0 Å². The van der Waals surface area contributed by atoms with E-state index >= 15 is 0 Å². The average molecular weight is 439 g/mol. The number of carbonyl (C=O) groups excluding carboxylic acids is 2. The molecule has 8 nitrogen and oxygen atoms in total. The third-order valence-corrected chi connectivity index (χ3v) is 4.80. The smallest absolute Gasteiger partial charge is 0.259 e. The number of anilines is 2. The minimum Gasteiger partial charge on any atom is -0.497 e. The molecule has 0 fully saturated rings. The molecule has 2 N–H and O–H groups in total. The van der Waals surface area contributed by atoms with Crippen LogP contribution in [0.5, 0.6) is 5.75 Å². The minimum absolute atomic E-state index is 0.164. The van der Waals surface area contributed by atoms with Crippen LogP contribution in [-0.4, -0.2) is 33.9 Å². The molecule has 164 valence electrons. The van der Waals surface area contributed by atoms with E-state index in [-0.39, 0.29) is 11.8 Å². The SMILES string of the molecule is COc1ccc(-c2ncc(C(=O)Nc3ccc(NC(C)=O)cc3)c(-c3ccncc3)n2)cc1. The van der Waals surface area contributed by atoms with E-state index in [1.165, 1.54) is 13.1 Å². The Morgan fingerprint density at radius 2 is 1.45 bits per heavy atom. The number of aromatic nitrogens is 3. The topological polar surface area (TPSA) is 106 Å². The van der Waals surface area contributed by atoms with Gasteiger partial charge in [-0.25, -0.2) is 9.97 Å². The van der Waals surface area contributed by atoms with Crippen LogP contribution in [0.15, 0.2) is 79.3 Å². The van der Waals surface area contributed by atoms with E-state index in [1.807, 2.05) is 24.3 Å². The number of carbonyl (C=O) groups is 2. The molecule has 33 heavy (non-hydrogen) atoms. The summed E-state index contributed by atoms with van der Waals surface area (Å²) in [5.41, 5.74) is 3.58. The zero-order valence-electron chi connectivity index (χ0n) is 18.1. The first-order valence-corrected chi connectivity index (χ1v) is 10.1. The summed E-state index contributed by atoms with van der Waals surface area (Å²) in [6, 6.07) is 17.8. The van der Waals surface area contributed by atoms with Crippen molar-refractivity contribution in [3.05, 3.63) is 84.8 Å². The first-order chi connectivity index (χ1) is 16.0. The van der Waals surface area contributed by atoms with Gasteiger partial charge < -0.3 is 15.4 Å². The second-order valence-electron chi connectivity index (χ2n) is 7.13. The lowest BCUT2D eigenvalue weighted by Gasteiger charge is -2.12. The number of ether oxygens (including phenoxy) is 1. The highest BCUT2D eigenvalue weighted by molar-refractivity contribution is 6.08. The number of nitrogens with zero attached hydrogens (tertiary/aromatic N) is 3. The van der Waals surface area contributed by atoms with E-state index in [4.69, 9.17) is 9.72 Å². The van der Waals surface area contributed by atoms with Crippen molar-refractivity contribution >= 4 is 23.2 Å². The maximum atomic E-state index is 13.1.